The van der Waals surface area contributed by atoms with E-state index >= 15 is 0 Å². The van der Waals surface area contributed by atoms with E-state index in [1.54, 1.807) is 0 Å². The Bertz CT molecular complexity index is 448. The number of carbonyl (C=O) groups excluding carboxylic acids is 4. The molecule has 1 atom stereocenters. The van der Waals surface area contributed by atoms with Crippen LogP contribution < -0.4 is 16.0 Å². The zero-order valence-corrected chi connectivity index (χ0v) is 10.3. The lowest BCUT2D eigenvalue weighted by Gasteiger charge is -2.21. The number of imide groups is 2. The molecule has 0 aromatic carbocycles. The summed E-state index contributed by atoms with van der Waals surface area (Å²) < 4.78 is 4.47. The van der Waals surface area contributed by atoms with E-state index in [0.717, 1.165) is 0 Å². The van der Waals surface area contributed by atoms with Gasteiger partial charge in [-0.3, -0.25) is 25.0 Å². The molecule has 5 amide bonds. The summed E-state index contributed by atoms with van der Waals surface area (Å²) in [5.74, 6) is -3.17. The third-order valence-corrected chi connectivity index (χ3v) is 2.26. The van der Waals surface area contributed by atoms with Crippen LogP contribution in [0.4, 0.5) is 4.79 Å². The van der Waals surface area contributed by atoms with E-state index in [-0.39, 0.29) is 12.8 Å². The summed E-state index contributed by atoms with van der Waals surface area (Å²) in [5.41, 5.74) is 0. The SMILES string of the molecule is O=C(O)COCC(=O)NC(=O)NC1CCC(=O)NC1=O. The van der Waals surface area contributed by atoms with E-state index in [0.29, 0.717) is 0 Å². The Morgan fingerprint density at radius 3 is 2.60 bits per heavy atom. The second-order valence-corrected chi connectivity index (χ2v) is 3.91. The van der Waals surface area contributed by atoms with Gasteiger partial charge in [0, 0.05) is 6.42 Å². The van der Waals surface area contributed by atoms with E-state index < -0.39 is 49.0 Å². The molecular weight excluding hydrogens is 274 g/mol. The number of carboxylic acids is 1. The molecule has 0 radical (unpaired) electrons. The van der Waals surface area contributed by atoms with Gasteiger partial charge in [0.1, 0.15) is 19.3 Å². The van der Waals surface area contributed by atoms with Gasteiger partial charge in [-0.05, 0) is 6.42 Å². The van der Waals surface area contributed by atoms with Crippen LogP contribution >= 0.6 is 0 Å². The van der Waals surface area contributed by atoms with Gasteiger partial charge in [-0.1, -0.05) is 0 Å². The van der Waals surface area contributed by atoms with Crippen LogP contribution in [0, 0.1) is 0 Å². The Kier molecular flexibility index (Phi) is 5.59. The minimum atomic E-state index is -1.24. The van der Waals surface area contributed by atoms with Gasteiger partial charge >= 0.3 is 12.0 Å². The Labute approximate surface area is 112 Å². The van der Waals surface area contributed by atoms with Crippen molar-refractivity contribution < 1.29 is 33.8 Å². The van der Waals surface area contributed by atoms with E-state index in [9.17, 15) is 24.0 Å². The molecule has 1 rings (SSSR count). The number of urea groups is 1. The molecule has 10 heteroatoms. The Balaban J connectivity index is 2.29. The van der Waals surface area contributed by atoms with Gasteiger partial charge in [0.25, 0.3) is 5.91 Å². The van der Waals surface area contributed by atoms with Crippen LogP contribution in [0.25, 0.3) is 0 Å². The molecule has 1 heterocycles. The minimum absolute atomic E-state index is 0.0896. The summed E-state index contributed by atoms with van der Waals surface area (Å²) in [4.78, 5) is 54.9. The number of carbonyl (C=O) groups is 5. The maximum Gasteiger partial charge on any atom is 0.329 e. The monoisotopic (exact) mass is 287 g/mol. The second-order valence-electron chi connectivity index (χ2n) is 3.91. The van der Waals surface area contributed by atoms with Crippen molar-refractivity contribution in [2.24, 2.45) is 0 Å². The van der Waals surface area contributed by atoms with Gasteiger partial charge in [0.2, 0.25) is 11.8 Å². The zero-order chi connectivity index (χ0) is 15.1. The molecule has 0 saturated carbocycles. The minimum Gasteiger partial charge on any atom is -0.480 e. The largest absolute Gasteiger partial charge is 0.480 e. The van der Waals surface area contributed by atoms with Crippen LogP contribution in [0.2, 0.25) is 0 Å². The van der Waals surface area contributed by atoms with Crippen molar-refractivity contribution in [3.8, 4) is 0 Å². The number of piperidine rings is 1. The first-order valence-corrected chi connectivity index (χ1v) is 5.62. The molecule has 1 saturated heterocycles. The van der Waals surface area contributed by atoms with E-state index in [1.807, 2.05) is 10.6 Å². The van der Waals surface area contributed by atoms with Crippen LogP contribution in [-0.2, 0) is 23.9 Å². The zero-order valence-electron chi connectivity index (χ0n) is 10.3. The van der Waals surface area contributed by atoms with Crippen molar-refractivity contribution >= 4 is 29.7 Å². The summed E-state index contributed by atoms with van der Waals surface area (Å²) in [6.45, 7) is -1.27. The molecule has 0 aliphatic carbocycles. The van der Waals surface area contributed by atoms with Gasteiger partial charge < -0.3 is 15.2 Å². The van der Waals surface area contributed by atoms with Crippen LogP contribution in [0.3, 0.4) is 0 Å². The normalized spacial score (nSPS) is 18.1. The van der Waals surface area contributed by atoms with Gasteiger partial charge in [-0.2, -0.15) is 0 Å². The van der Waals surface area contributed by atoms with Crippen LogP contribution in [0.15, 0.2) is 0 Å². The summed E-state index contributed by atoms with van der Waals surface area (Å²) in [7, 11) is 0. The lowest BCUT2D eigenvalue weighted by molar-refractivity contribution is -0.143. The third kappa shape index (κ3) is 5.44. The number of carboxylic acid groups (broad SMARTS) is 1. The average molecular weight is 287 g/mol. The summed E-state index contributed by atoms with van der Waals surface area (Å²) in [6, 6.07) is -1.83. The highest BCUT2D eigenvalue weighted by Crippen LogP contribution is 2.03. The molecule has 0 spiro atoms. The smallest absolute Gasteiger partial charge is 0.329 e. The van der Waals surface area contributed by atoms with Gasteiger partial charge in [0.15, 0.2) is 0 Å². The second kappa shape index (κ2) is 7.19. The van der Waals surface area contributed by atoms with Crippen molar-refractivity contribution in [2.45, 2.75) is 18.9 Å². The predicted molar refractivity (Wildman–Crippen MR) is 61.3 cm³/mol. The Morgan fingerprint density at radius 1 is 1.30 bits per heavy atom. The highest BCUT2D eigenvalue weighted by atomic mass is 16.5. The summed E-state index contributed by atoms with van der Waals surface area (Å²) >= 11 is 0. The molecule has 4 N–H and O–H groups in total. The molecule has 110 valence electrons. The fraction of sp³-hybridized carbons (Fsp3) is 0.500. The van der Waals surface area contributed by atoms with Crippen molar-refractivity contribution in [1.29, 1.82) is 0 Å². The molecule has 10 nitrogen and oxygen atoms in total. The first-order chi connectivity index (χ1) is 9.38. The first-order valence-electron chi connectivity index (χ1n) is 5.62. The maximum atomic E-state index is 11.4. The maximum absolute atomic E-state index is 11.4. The quantitative estimate of drug-likeness (QED) is 0.416. The van der Waals surface area contributed by atoms with Crippen molar-refractivity contribution in [3.63, 3.8) is 0 Å². The summed E-state index contributed by atoms with van der Waals surface area (Å²) in [5, 5.41) is 14.4. The van der Waals surface area contributed by atoms with Crippen LogP contribution in [-0.4, -0.2) is 54.1 Å². The fourth-order valence-corrected chi connectivity index (χ4v) is 1.42. The first kappa shape index (κ1) is 15.6. The Hall–Kier alpha value is -2.49. The number of aliphatic carboxylic acids is 1. The Morgan fingerprint density at radius 2 is 2.00 bits per heavy atom. The lowest BCUT2D eigenvalue weighted by Crippen LogP contribution is -2.55. The van der Waals surface area contributed by atoms with Crippen molar-refractivity contribution in [1.82, 2.24) is 16.0 Å². The summed E-state index contributed by atoms with van der Waals surface area (Å²) in [6.07, 6.45) is 0.230. The van der Waals surface area contributed by atoms with Crippen molar-refractivity contribution in [2.75, 3.05) is 13.2 Å². The molecule has 1 fully saturated rings. The van der Waals surface area contributed by atoms with E-state index in [4.69, 9.17) is 5.11 Å². The number of rotatable bonds is 5. The molecule has 1 unspecified atom stereocenters. The van der Waals surface area contributed by atoms with Crippen LogP contribution in [0.1, 0.15) is 12.8 Å². The third-order valence-electron chi connectivity index (χ3n) is 2.26. The van der Waals surface area contributed by atoms with E-state index in [2.05, 4.69) is 10.1 Å². The highest BCUT2D eigenvalue weighted by molar-refractivity contribution is 6.03. The number of hydrogen-bond acceptors (Lipinski definition) is 6. The predicted octanol–water partition coefficient (Wildman–Crippen LogP) is -2.28. The number of ether oxygens (including phenoxy) is 1. The number of hydrogen-bond donors (Lipinski definition) is 4. The molecule has 1 aliphatic rings. The molecule has 0 aromatic heterocycles. The highest BCUT2D eigenvalue weighted by Gasteiger charge is 2.28. The molecule has 0 bridgehead atoms. The van der Waals surface area contributed by atoms with Gasteiger partial charge in [0.05, 0.1) is 0 Å². The molecule has 0 aromatic rings. The molecule has 20 heavy (non-hydrogen) atoms. The standard InChI is InChI=1S/C10H13N3O7/c14-6-2-1-5(9(18)12-6)11-10(19)13-7(15)3-20-4-8(16)17/h5H,1-4H2,(H,16,17)(H,12,14,18)(H2,11,13,15,19). The fourth-order valence-electron chi connectivity index (χ4n) is 1.42. The van der Waals surface area contributed by atoms with Gasteiger partial charge in [-0.15, -0.1) is 0 Å². The molecular formula is C10H13N3O7. The van der Waals surface area contributed by atoms with E-state index in [1.165, 1.54) is 0 Å². The van der Waals surface area contributed by atoms with Gasteiger partial charge in [-0.25, -0.2) is 9.59 Å². The number of amides is 5. The van der Waals surface area contributed by atoms with Crippen LogP contribution in [0.5, 0.6) is 0 Å². The topological polar surface area (TPSA) is 151 Å². The lowest BCUT2D eigenvalue weighted by atomic mass is 10.1. The average Bonchev–Trinajstić information content (AvgIpc) is 2.32. The van der Waals surface area contributed by atoms with Crippen molar-refractivity contribution in [3.05, 3.63) is 0 Å². The molecule has 1 aliphatic heterocycles. The number of nitrogens with one attached hydrogen (secondary N) is 3.